The number of rotatable bonds is 6. The average Bonchev–Trinajstić information content (AvgIpc) is 2.54. The molecule has 0 aliphatic heterocycles. The maximum Gasteiger partial charge on any atom is 0.228 e. The van der Waals surface area contributed by atoms with Crippen LogP contribution < -0.4 is 10.2 Å². The molecule has 4 heteroatoms. The summed E-state index contributed by atoms with van der Waals surface area (Å²) in [5.41, 5.74) is 2.07. The van der Waals surface area contributed by atoms with Gasteiger partial charge in [-0.15, -0.1) is 0 Å². The molecule has 0 radical (unpaired) electrons. The van der Waals surface area contributed by atoms with Gasteiger partial charge in [-0.05, 0) is 17.5 Å². The van der Waals surface area contributed by atoms with Crippen molar-refractivity contribution in [2.24, 2.45) is 5.92 Å². The summed E-state index contributed by atoms with van der Waals surface area (Å²) in [5.74, 6) is 1.03. The molecular formula is C19H25N3O. The molecule has 1 N–H and O–H groups in total. The lowest BCUT2D eigenvalue weighted by Gasteiger charge is -2.22. The van der Waals surface area contributed by atoms with Gasteiger partial charge in [0.15, 0.2) is 0 Å². The summed E-state index contributed by atoms with van der Waals surface area (Å²) >= 11 is 0. The summed E-state index contributed by atoms with van der Waals surface area (Å²) in [5, 5.41) is 3.07. The highest BCUT2D eigenvalue weighted by molar-refractivity contribution is 5.84. The second-order valence-electron chi connectivity index (χ2n) is 6.23. The van der Waals surface area contributed by atoms with Crippen LogP contribution in [0.4, 0.5) is 5.82 Å². The number of nitrogens with one attached hydrogen (secondary N) is 1. The van der Waals surface area contributed by atoms with Gasteiger partial charge in [-0.25, -0.2) is 4.98 Å². The Morgan fingerprint density at radius 2 is 1.83 bits per heavy atom. The van der Waals surface area contributed by atoms with Crippen LogP contribution in [0.1, 0.15) is 30.9 Å². The average molecular weight is 311 g/mol. The zero-order valence-corrected chi connectivity index (χ0v) is 14.3. The van der Waals surface area contributed by atoms with Gasteiger partial charge in [0, 0.05) is 32.4 Å². The molecule has 0 aliphatic carbocycles. The Morgan fingerprint density at radius 1 is 1.13 bits per heavy atom. The summed E-state index contributed by atoms with van der Waals surface area (Å²) in [6, 6.07) is 13.8. The zero-order chi connectivity index (χ0) is 16.8. The van der Waals surface area contributed by atoms with Crippen LogP contribution in [-0.2, 0) is 11.3 Å². The van der Waals surface area contributed by atoms with Crippen molar-refractivity contribution in [3.8, 4) is 0 Å². The van der Waals surface area contributed by atoms with Crippen molar-refractivity contribution in [1.82, 2.24) is 10.3 Å². The molecule has 0 unspecified atom stereocenters. The number of amides is 1. The third-order valence-electron chi connectivity index (χ3n) is 3.85. The molecule has 1 heterocycles. The molecule has 0 fully saturated rings. The fourth-order valence-corrected chi connectivity index (χ4v) is 2.76. The molecule has 23 heavy (non-hydrogen) atoms. The number of anilines is 1. The number of hydrogen-bond acceptors (Lipinski definition) is 3. The largest absolute Gasteiger partial charge is 0.362 e. The summed E-state index contributed by atoms with van der Waals surface area (Å²) in [6.45, 7) is 4.63. The zero-order valence-electron chi connectivity index (χ0n) is 14.3. The molecule has 2 aromatic rings. The Morgan fingerprint density at radius 3 is 2.43 bits per heavy atom. The first-order valence-electron chi connectivity index (χ1n) is 7.94. The first-order chi connectivity index (χ1) is 11.0. The van der Waals surface area contributed by atoms with Crippen LogP contribution in [0.15, 0.2) is 48.7 Å². The van der Waals surface area contributed by atoms with E-state index in [1.807, 2.05) is 61.5 Å². The van der Waals surface area contributed by atoms with Crippen molar-refractivity contribution in [2.45, 2.75) is 26.3 Å². The Balaban J connectivity index is 2.12. The lowest BCUT2D eigenvalue weighted by Crippen LogP contribution is -2.32. The van der Waals surface area contributed by atoms with Crippen molar-refractivity contribution in [3.63, 3.8) is 0 Å². The van der Waals surface area contributed by atoms with Gasteiger partial charge in [0.25, 0.3) is 0 Å². The van der Waals surface area contributed by atoms with Crippen LogP contribution in [0.5, 0.6) is 0 Å². The molecule has 1 aromatic heterocycles. The van der Waals surface area contributed by atoms with Gasteiger partial charge in [0.1, 0.15) is 5.82 Å². The van der Waals surface area contributed by atoms with Crippen LogP contribution in [0, 0.1) is 5.92 Å². The van der Waals surface area contributed by atoms with Gasteiger partial charge in [-0.1, -0.05) is 50.2 Å². The van der Waals surface area contributed by atoms with Gasteiger partial charge in [0.05, 0.1) is 5.92 Å². The number of carbonyl (C=O) groups is 1. The number of pyridine rings is 1. The molecule has 1 amide bonds. The van der Waals surface area contributed by atoms with E-state index in [1.165, 1.54) is 0 Å². The van der Waals surface area contributed by atoms with Crippen molar-refractivity contribution in [2.75, 3.05) is 19.0 Å². The van der Waals surface area contributed by atoms with Crippen molar-refractivity contribution < 1.29 is 4.79 Å². The standard InChI is InChI=1S/C19H25N3O/c1-14(2)17(15-9-6-5-7-10-15)19(23)21-13-16-11-8-12-20-18(16)22(3)4/h5-12,14,17H,13H2,1-4H3,(H,21,23)/t17-/m1/s1. The van der Waals surface area contributed by atoms with E-state index < -0.39 is 0 Å². The number of aromatic nitrogens is 1. The van der Waals surface area contributed by atoms with E-state index in [9.17, 15) is 4.79 Å². The number of hydrogen-bond donors (Lipinski definition) is 1. The molecule has 122 valence electrons. The Bertz CT molecular complexity index is 638. The minimum absolute atomic E-state index is 0.0553. The molecule has 0 aliphatic rings. The highest BCUT2D eigenvalue weighted by Gasteiger charge is 2.23. The predicted octanol–water partition coefficient (Wildman–Crippen LogP) is 3.20. The maximum absolute atomic E-state index is 12.7. The number of carbonyl (C=O) groups excluding carboxylic acids is 1. The van der Waals surface area contributed by atoms with Crippen molar-refractivity contribution in [3.05, 3.63) is 59.8 Å². The van der Waals surface area contributed by atoms with Crippen LogP contribution >= 0.6 is 0 Å². The summed E-state index contributed by atoms with van der Waals surface area (Å²) in [7, 11) is 3.91. The molecule has 0 spiro atoms. The van der Waals surface area contributed by atoms with E-state index in [0.29, 0.717) is 6.54 Å². The predicted molar refractivity (Wildman–Crippen MR) is 94.4 cm³/mol. The maximum atomic E-state index is 12.7. The van der Waals surface area contributed by atoms with Gasteiger partial charge < -0.3 is 10.2 Å². The Hall–Kier alpha value is -2.36. The molecule has 0 saturated heterocycles. The molecule has 0 saturated carbocycles. The minimum atomic E-state index is -0.143. The highest BCUT2D eigenvalue weighted by atomic mass is 16.1. The second-order valence-corrected chi connectivity index (χ2v) is 6.23. The lowest BCUT2D eigenvalue weighted by molar-refractivity contribution is -0.123. The van der Waals surface area contributed by atoms with Crippen LogP contribution in [0.25, 0.3) is 0 Å². The number of nitrogens with zero attached hydrogens (tertiary/aromatic N) is 2. The van der Waals surface area contributed by atoms with E-state index >= 15 is 0 Å². The SMILES string of the molecule is CC(C)[C@@H](C(=O)NCc1cccnc1N(C)C)c1ccccc1. The molecule has 2 rings (SSSR count). The molecular weight excluding hydrogens is 286 g/mol. The monoisotopic (exact) mass is 311 g/mol. The fourth-order valence-electron chi connectivity index (χ4n) is 2.76. The summed E-state index contributed by atoms with van der Waals surface area (Å²) < 4.78 is 0. The van der Waals surface area contributed by atoms with Crippen LogP contribution in [0.3, 0.4) is 0 Å². The fraction of sp³-hybridized carbons (Fsp3) is 0.368. The number of benzene rings is 1. The normalized spacial score (nSPS) is 12.0. The van der Waals surface area contributed by atoms with Gasteiger partial charge in [0.2, 0.25) is 5.91 Å². The van der Waals surface area contributed by atoms with Gasteiger partial charge in [-0.3, -0.25) is 4.79 Å². The topological polar surface area (TPSA) is 45.2 Å². The third-order valence-corrected chi connectivity index (χ3v) is 3.85. The van der Waals surface area contributed by atoms with Gasteiger partial charge >= 0.3 is 0 Å². The van der Waals surface area contributed by atoms with E-state index in [0.717, 1.165) is 16.9 Å². The first-order valence-corrected chi connectivity index (χ1v) is 7.94. The van der Waals surface area contributed by atoms with Crippen molar-refractivity contribution >= 4 is 11.7 Å². The van der Waals surface area contributed by atoms with Crippen LogP contribution in [-0.4, -0.2) is 25.0 Å². The lowest BCUT2D eigenvalue weighted by atomic mass is 9.87. The summed E-state index contributed by atoms with van der Waals surface area (Å²) in [4.78, 5) is 19.0. The second kappa shape index (κ2) is 7.77. The minimum Gasteiger partial charge on any atom is -0.362 e. The molecule has 4 nitrogen and oxygen atoms in total. The van der Waals surface area contributed by atoms with E-state index in [2.05, 4.69) is 24.1 Å². The Labute approximate surface area is 138 Å². The van der Waals surface area contributed by atoms with E-state index in [-0.39, 0.29) is 17.7 Å². The smallest absolute Gasteiger partial charge is 0.228 e. The Kier molecular flexibility index (Phi) is 5.74. The van der Waals surface area contributed by atoms with Gasteiger partial charge in [-0.2, -0.15) is 0 Å². The van der Waals surface area contributed by atoms with Crippen LogP contribution in [0.2, 0.25) is 0 Å². The molecule has 0 bridgehead atoms. The first kappa shape index (κ1) is 17.0. The van der Waals surface area contributed by atoms with E-state index in [4.69, 9.17) is 0 Å². The quantitative estimate of drug-likeness (QED) is 0.891. The third kappa shape index (κ3) is 4.31. The highest BCUT2D eigenvalue weighted by Crippen LogP contribution is 2.25. The molecule has 1 atom stereocenters. The molecule has 1 aromatic carbocycles. The van der Waals surface area contributed by atoms with Crippen molar-refractivity contribution in [1.29, 1.82) is 0 Å². The van der Waals surface area contributed by atoms with E-state index in [1.54, 1.807) is 6.20 Å². The summed E-state index contributed by atoms with van der Waals surface area (Å²) in [6.07, 6.45) is 1.77.